The first kappa shape index (κ1) is 23.7. The largest absolute Gasteiger partial charge is 0.390 e. The van der Waals surface area contributed by atoms with Crippen LogP contribution in [-0.4, -0.2) is 82.3 Å². The lowest BCUT2D eigenvalue weighted by Crippen LogP contribution is -2.51. The lowest BCUT2D eigenvalue weighted by molar-refractivity contribution is -0.123. The van der Waals surface area contributed by atoms with Crippen LogP contribution in [0.2, 0.25) is 0 Å². The van der Waals surface area contributed by atoms with Crippen LogP contribution in [0.25, 0.3) is 6.08 Å². The van der Waals surface area contributed by atoms with E-state index in [0.717, 1.165) is 37.4 Å². The Hall–Kier alpha value is -2.45. The summed E-state index contributed by atoms with van der Waals surface area (Å²) < 4.78 is 0. The highest BCUT2D eigenvalue weighted by molar-refractivity contribution is 8.18. The van der Waals surface area contributed by atoms with E-state index < -0.39 is 6.10 Å². The Morgan fingerprint density at radius 3 is 2.24 bits per heavy atom. The number of carbonyl (C=O) groups excluding carboxylic acids is 1. The minimum Gasteiger partial charge on any atom is -0.390 e. The third kappa shape index (κ3) is 6.32. The van der Waals surface area contributed by atoms with Crippen LogP contribution in [-0.2, 0) is 4.79 Å². The van der Waals surface area contributed by atoms with Gasteiger partial charge in [-0.05, 0) is 49.4 Å². The number of nitrogens with zero attached hydrogens (tertiary/aromatic N) is 4. The van der Waals surface area contributed by atoms with Crippen LogP contribution < -0.4 is 0 Å². The van der Waals surface area contributed by atoms with Crippen LogP contribution in [0.1, 0.15) is 19.4 Å². The molecule has 174 valence electrons. The first-order valence-electron chi connectivity index (χ1n) is 11.5. The molecule has 0 saturated carbocycles. The maximum absolute atomic E-state index is 13.3. The fourth-order valence-corrected chi connectivity index (χ4v) is 5.10. The topological polar surface area (TPSA) is 59.4 Å². The molecule has 2 aromatic carbocycles. The standard InChI is InChI=1S/C26H32N4O2S/c1-20(2)29-15-13-28(14-16-29)18-23(31)19-30-25(32)24(17-21-9-5-3-6-10-21)33-26(30)27-22-11-7-4-8-12-22/h3-12,17,20,23,31H,13-16,18-19H2,1-2H3/b24-17+,27-26?. The van der Waals surface area contributed by atoms with Gasteiger partial charge in [0.2, 0.25) is 0 Å². The van der Waals surface area contributed by atoms with Gasteiger partial charge in [0.1, 0.15) is 0 Å². The lowest BCUT2D eigenvalue weighted by atomic mass is 10.2. The first-order valence-corrected chi connectivity index (χ1v) is 12.4. The van der Waals surface area contributed by atoms with Gasteiger partial charge in [-0.25, -0.2) is 4.99 Å². The van der Waals surface area contributed by atoms with E-state index in [2.05, 4.69) is 23.6 Å². The zero-order valence-electron chi connectivity index (χ0n) is 19.3. The Kier molecular flexibility index (Phi) is 7.98. The Bertz CT molecular complexity index is 986. The van der Waals surface area contributed by atoms with Gasteiger partial charge in [0.25, 0.3) is 5.91 Å². The maximum Gasteiger partial charge on any atom is 0.266 e. The summed E-state index contributed by atoms with van der Waals surface area (Å²) in [5.74, 6) is -0.109. The van der Waals surface area contributed by atoms with Crippen LogP contribution in [0.5, 0.6) is 0 Å². The zero-order valence-corrected chi connectivity index (χ0v) is 20.1. The van der Waals surface area contributed by atoms with Crippen molar-refractivity contribution in [2.75, 3.05) is 39.3 Å². The highest BCUT2D eigenvalue weighted by Crippen LogP contribution is 2.34. The second-order valence-corrected chi connectivity index (χ2v) is 9.76. The number of aliphatic hydroxyl groups excluding tert-OH is 1. The second kappa shape index (κ2) is 11.1. The average Bonchev–Trinajstić information content (AvgIpc) is 3.09. The summed E-state index contributed by atoms with van der Waals surface area (Å²) in [4.78, 5) is 25.0. The summed E-state index contributed by atoms with van der Waals surface area (Å²) in [5, 5.41) is 11.5. The van der Waals surface area contributed by atoms with Gasteiger partial charge in [-0.3, -0.25) is 19.5 Å². The minimum absolute atomic E-state index is 0.109. The van der Waals surface area contributed by atoms with Crippen LogP contribution in [0.3, 0.4) is 0 Å². The summed E-state index contributed by atoms with van der Waals surface area (Å²) in [7, 11) is 0. The van der Waals surface area contributed by atoms with E-state index in [1.807, 2.05) is 66.7 Å². The summed E-state index contributed by atoms with van der Waals surface area (Å²) in [6.07, 6.45) is 1.25. The molecule has 2 saturated heterocycles. The number of amides is 1. The van der Waals surface area contributed by atoms with Crippen molar-refractivity contribution < 1.29 is 9.90 Å². The predicted octanol–water partition coefficient (Wildman–Crippen LogP) is 3.68. The van der Waals surface area contributed by atoms with Crippen molar-refractivity contribution in [1.29, 1.82) is 0 Å². The molecule has 6 nitrogen and oxygen atoms in total. The normalized spacial score (nSPS) is 21.5. The summed E-state index contributed by atoms with van der Waals surface area (Å²) >= 11 is 1.36. The molecule has 4 rings (SSSR count). The molecule has 1 amide bonds. The fraction of sp³-hybridized carbons (Fsp3) is 0.385. The van der Waals surface area contributed by atoms with Gasteiger partial charge in [-0.1, -0.05) is 48.5 Å². The number of thioether (sulfide) groups is 1. The van der Waals surface area contributed by atoms with Gasteiger partial charge < -0.3 is 5.11 Å². The van der Waals surface area contributed by atoms with Crippen LogP contribution in [0.4, 0.5) is 5.69 Å². The van der Waals surface area contributed by atoms with Crippen LogP contribution >= 0.6 is 11.8 Å². The number of para-hydroxylation sites is 1. The van der Waals surface area contributed by atoms with Crippen molar-refractivity contribution in [1.82, 2.24) is 14.7 Å². The molecule has 0 bridgehead atoms. The number of hydrogen-bond acceptors (Lipinski definition) is 6. The number of carbonyl (C=O) groups is 1. The Balaban J connectivity index is 1.48. The van der Waals surface area contributed by atoms with Crippen molar-refractivity contribution >= 4 is 34.6 Å². The van der Waals surface area contributed by atoms with Gasteiger partial charge in [-0.2, -0.15) is 0 Å². The third-order valence-electron chi connectivity index (χ3n) is 5.97. The number of aliphatic hydroxyl groups is 1. The summed E-state index contributed by atoms with van der Waals surface area (Å²) in [5.41, 5.74) is 1.76. The lowest BCUT2D eigenvalue weighted by Gasteiger charge is -2.37. The number of hydrogen-bond donors (Lipinski definition) is 1. The third-order valence-corrected chi connectivity index (χ3v) is 6.97. The van der Waals surface area contributed by atoms with Gasteiger partial charge >= 0.3 is 0 Å². The summed E-state index contributed by atoms with van der Waals surface area (Å²) in [6, 6.07) is 20.0. The van der Waals surface area contributed by atoms with Crippen LogP contribution in [0, 0.1) is 0 Å². The zero-order chi connectivity index (χ0) is 23.2. The van der Waals surface area contributed by atoms with E-state index in [4.69, 9.17) is 4.99 Å². The molecule has 7 heteroatoms. The van der Waals surface area contributed by atoms with Crippen molar-refractivity contribution in [2.24, 2.45) is 4.99 Å². The highest BCUT2D eigenvalue weighted by Gasteiger charge is 2.35. The molecule has 1 atom stereocenters. The first-order chi connectivity index (χ1) is 16.0. The molecule has 2 heterocycles. The van der Waals surface area contributed by atoms with Crippen molar-refractivity contribution in [3.05, 3.63) is 71.1 Å². The molecule has 2 aliphatic rings. The minimum atomic E-state index is -0.641. The fourth-order valence-electron chi connectivity index (χ4n) is 4.09. The summed E-state index contributed by atoms with van der Waals surface area (Å²) in [6.45, 7) is 9.10. The Labute approximate surface area is 200 Å². The monoisotopic (exact) mass is 464 g/mol. The molecule has 0 aromatic heterocycles. The molecule has 2 fully saturated rings. The maximum atomic E-state index is 13.3. The molecule has 2 aliphatic heterocycles. The molecule has 0 aliphatic carbocycles. The van der Waals surface area contributed by atoms with Crippen molar-refractivity contribution in [3.63, 3.8) is 0 Å². The van der Waals surface area contributed by atoms with Crippen LogP contribution in [0.15, 0.2) is 70.6 Å². The molecule has 0 radical (unpaired) electrons. The molecule has 33 heavy (non-hydrogen) atoms. The number of aliphatic imine (C=N–C) groups is 1. The van der Waals surface area contributed by atoms with E-state index in [1.165, 1.54) is 11.8 Å². The average molecular weight is 465 g/mol. The second-order valence-electron chi connectivity index (χ2n) is 8.75. The Morgan fingerprint density at radius 1 is 0.970 bits per heavy atom. The van der Waals surface area contributed by atoms with E-state index in [-0.39, 0.29) is 12.5 Å². The molecule has 1 unspecified atom stereocenters. The number of amidine groups is 1. The quantitative estimate of drug-likeness (QED) is 0.634. The molecule has 0 spiro atoms. The van der Waals surface area contributed by atoms with Gasteiger partial charge in [0.15, 0.2) is 5.17 Å². The van der Waals surface area contributed by atoms with E-state index in [0.29, 0.717) is 22.7 Å². The highest BCUT2D eigenvalue weighted by atomic mass is 32.2. The van der Waals surface area contributed by atoms with E-state index in [9.17, 15) is 9.90 Å². The molecular weight excluding hydrogens is 432 g/mol. The SMILES string of the molecule is CC(C)N1CCN(CC(O)CN2C(=O)/C(=C\c3ccccc3)SC2=Nc2ccccc2)CC1. The van der Waals surface area contributed by atoms with Crippen molar-refractivity contribution in [3.8, 4) is 0 Å². The van der Waals surface area contributed by atoms with Crippen molar-refractivity contribution in [2.45, 2.75) is 26.0 Å². The smallest absolute Gasteiger partial charge is 0.266 e. The number of β-amino-alcohol motifs (C(OH)–C–C–N with tert-alkyl or cyclic N) is 1. The van der Waals surface area contributed by atoms with Gasteiger partial charge in [-0.15, -0.1) is 0 Å². The van der Waals surface area contributed by atoms with Gasteiger partial charge in [0, 0.05) is 38.8 Å². The molecular formula is C26H32N4O2S. The van der Waals surface area contributed by atoms with E-state index in [1.54, 1.807) is 4.90 Å². The number of benzene rings is 2. The Morgan fingerprint density at radius 2 is 1.61 bits per heavy atom. The number of rotatable bonds is 7. The predicted molar refractivity (Wildman–Crippen MR) is 136 cm³/mol. The molecule has 2 aromatic rings. The molecule has 1 N–H and O–H groups in total. The van der Waals surface area contributed by atoms with E-state index >= 15 is 0 Å². The number of piperazine rings is 1. The van der Waals surface area contributed by atoms with Gasteiger partial charge in [0.05, 0.1) is 23.2 Å².